The van der Waals surface area contributed by atoms with Gasteiger partial charge >= 0.3 is 0 Å². The number of phenolic OH excluding ortho intramolecular Hbond substituents is 1. The summed E-state index contributed by atoms with van der Waals surface area (Å²) in [6.07, 6.45) is 4.91. The average molecular weight is 228 g/mol. The van der Waals surface area contributed by atoms with Crippen LogP contribution in [0.2, 0.25) is 0 Å². The molecular formula is C15H16O2. The van der Waals surface area contributed by atoms with E-state index in [2.05, 4.69) is 6.07 Å². The van der Waals surface area contributed by atoms with Gasteiger partial charge in [0, 0.05) is 12.8 Å². The second kappa shape index (κ2) is 2.92. The van der Waals surface area contributed by atoms with Crippen LogP contribution in [0.5, 0.6) is 5.75 Å². The molecule has 1 aromatic carbocycles. The molecule has 3 aliphatic carbocycles. The van der Waals surface area contributed by atoms with E-state index in [1.807, 2.05) is 6.07 Å². The first-order valence-electron chi connectivity index (χ1n) is 6.53. The molecule has 1 unspecified atom stereocenters. The maximum Gasteiger partial charge on any atom is 0.133 e. The molecule has 0 heterocycles. The number of carbonyl (C=O) groups excluding carboxylic acids is 1. The Labute approximate surface area is 101 Å². The van der Waals surface area contributed by atoms with E-state index in [1.165, 1.54) is 17.5 Å². The van der Waals surface area contributed by atoms with Crippen molar-refractivity contribution >= 4 is 5.78 Å². The normalized spacial score (nSPS) is 38.0. The summed E-state index contributed by atoms with van der Waals surface area (Å²) in [5.41, 5.74) is 3.04. The van der Waals surface area contributed by atoms with Crippen LogP contribution >= 0.6 is 0 Å². The first-order valence-corrected chi connectivity index (χ1v) is 6.53. The van der Waals surface area contributed by atoms with E-state index in [1.54, 1.807) is 6.07 Å². The molecular weight excluding hydrogens is 212 g/mol. The number of hydrogen-bond acceptors (Lipinski definition) is 2. The third-order valence-corrected chi connectivity index (χ3v) is 5.31. The van der Waals surface area contributed by atoms with Crippen LogP contribution in [0.3, 0.4) is 0 Å². The number of fused-ring (bicyclic) bond motifs is 3. The molecule has 1 spiro atoms. The standard InChI is InChI=1S/C15H16O2/c16-11-1-2-13-9(6-11)5-10-8-15(13)4-3-12(17)7-14(10)15/h1-2,6,10,14,16H,3-5,7-8H2/t10?,14-,15+/m0/s1. The fourth-order valence-electron chi connectivity index (χ4n) is 4.59. The highest BCUT2D eigenvalue weighted by molar-refractivity contribution is 5.81. The molecule has 0 aliphatic heterocycles. The van der Waals surface area contributed by atoms with Gasteiger partial charge in [0.25, 0.3) is 0 Å². The summed E-state index contributed by atoms with van der Waals surface area (Å²) in [5.74, 6) is 2.12. The molecule has 0 aromatic heterocycles. The lowest BCUT2D eigenvalue weighted by atomic mass is 9.41. The first-order chi connectivity index (χ1) is 8.19. The number of hydrogen-bond donors (Lipinski definition) is 1. The number of rotatable bonds is 0. The van der Waals surface area contributed by atoms with Crippen LogP contribution in [0.4, 0.5) is 0 Å². The third-order valence-electron chi connectivity index (χ3n) is 5.31. The van der Waals surface area contributed by atoms with Crippen molar-refractivity contribution in [3.63, 3.8) is 0 Å². The molecule has 88 valence electrons. The van der Waals surface area contributed by atoms with E-state index in [0.717, 1.165) is 25.7 Å². The van der Waals surface area contributed by atoms with Crippen molar-refractivity contribution in [2.24, 2.45) is 11.8 Å². The molecule has 4 rings (SSSR count). The lowest BCUT2D eigenvalue weighted by molar-refractivity contribution is -0.130. The van der Waals surface area contributed by atoms with E-state index < -0.39 is 0 Å². The summed E-state index contributed by atoms with van der Waals surface area (Å²) in [6.45, 7) is 0. The zero-order valence-corrected chi connectivity index (χ0v) is 9.78. The summed E-state index contributed by atoms with van der Waals surface area (Å²) in [5, 5.41) is 9.57. The lowest BCUT2D eigenvalue weighted by Crippen LogP contribution is -2.58. The molecule has 2 fully saturated rings. The second-order valence-electron chi connectivity index (χ2n) is 6.02. The van der Waals surface area contributed by atoms with Crippen molar-refractivity contribution in [2.45, 2.75) is 37.5 Å². The molecule has 17 heavy (non-hydrogen) atoms. The molecule has 1 N–H and O–H groups in total. The predicted octanol–water partition coefficient (Wildman–Crippen LogP) is 2.58. The van der Waals surface area contributed by atoms with Crippen molar-refractivity contribution < 1.29 is 9.90 Å². The Hall–Kier alpha value is -1.31. The predicted molar refractivity (Wildman–Crippen MR) is 63.9 cm³/mol. The monoisotopic (exact) mass is 228 g/mol. The quantitative estimate of drug-likeness (QED) is 0.741. The fourth-order valence-corrected chi connectivity index (χ4v) is 4.59. The Bertz CT molecular complexity index is 520. The van der Waals surface area contributed by atoms with E-state index in [9.17, 15) is 9.90 Å². The van der Waals surface area contributed by atoms with Crippen LogP contribution in [0.25, 0.3) is 0 Å². The molecule has 1 aromatic rings. The Morgan fingerprint density at radius 2 is 2.18 bits per heavy atom. The van der Waals surface area contributed by atoms with Gasteiger partial charge in [0.05, 0.1) is 0 Å². The van der Waals surface area contributed by atoms with Crippen LogP contribution in [0.15, 0.2) is 18.2 Å². The number of ketones is 1. The van der Waals surface area contributed by atoms with Gasteiger partial charge in [-0.25, -0.2) is 0 Å². The number of phenols is 1. The van der Waals surface area contributed by atoms with Crippen LogP contribution in [0, 0.1) is 11.8 Å². The Morgan fingerprint density at radius 3 is 3.06 bits per heavy atom. The van der Waals surface area contributed by atoms with Crippen molar-refractivity contribution in [3.8, 4) is 5.75 Å². The van der Waals surface area contributed by atoms with E-state index in [0.29, 0.717) is 28.8 Å². The molecule has 3 atom stereocenters. The summed E-state index contributed by atoms with van der Waals surface area (Å²) < 4.78 is 0. The fraction of sp³-hybridized carbons (Fsp3) is 0.533. The smallest absolute Gasteiger partial charge is 0.133 e. The minimum atomic E-state index is 0.292. The largest absolute Gasteiger partial charge is 0.508 e. The highest BCUT2D eigenvalue weighted by Gasteiger charge is 2.59. The number of aromatic hydroxyl groups is 1. The summed E-state index contributed by atoms with van der Waals surface area (Å²) in [6, 6.07) is 5.83. The van der Waals surface area contributed by atoms with Gasteiger partial charge in [-0.3, -0.25) is 4.79 Å². The molecule has 2 heteroatoms. The van der Waals surface area contributed by atoms with Gasteiger partial charge in [-0.05, 0) is 59.8 Å². The highest BCUT2D eigenvalue weighted by Crippen LogP contribution is 2.64. The maximum atomic E-state index is 11.6. The Balaban J connectivity index is 1.84. The van der Waals surface area contributed by atoms with E-state index in [-0.39, 0.29) is 0 Å². The number of carbonyl (C=O) groups is 1. The minimum Gasteiger partial charge on any atom is -0.508 e. The number of benzene rings is 1. The zero-order valence-electron chi connectivity index (χ0n) is 9.78. The van der Waals surface area contributed by atoms with Gasteiger partial charge in [-0.1, -0.05) is 6.07 Å². The maximum absolute atomic E-state index is 11.6. The van der Waals surface area contributed by atoms with Gasteiger partial charge < -0.3 is 5.11 Å². The minimum absolute atomic E-state index is 0.292. The summed E-state index contributed by atoms with van der Waals surface area (Å²) in [7, 11) is 0. The summed E-state index contributed by atoms with van der Waals surface area (Å²) >= 11 is 0. The van der Waals surface area contributed by atoms with Crippen molar-refractivity contribution in [1.82, 2.24) is 0 Å². The van der Waals surface area contributed by atoms with Crippen molar-refractivity contribution in [2.75, 3.05) is 0 Å². The summed E-state index contributed by atoms with van der Waals surface area (Å²) in [4.78, 5) is 11.6. The molecule has 3 aliphatic rings. The Morgan fingerprint density at radius 1 is 1.29 bits per heavy atom. The first kappa shape index (κ1) is 9.69. The molecule has 2 saturated carbocycles. The molecule has 0 amide bonds. The van der Waals surface area contributed by atoms with Gasteiger partial charge in [0.15, 0.2) is 0 Å². The van der Waals surface area contributed by atoms with E-state index in [4.69, 9.17) is 0 Å². The van der Waals surface area contributed by atoms with Gasteiger partial charge in [0.2, 0.25) is 0 Å². The van der Waals surface area contributed by atoms with Crippen LogP contribution < -0.4 is 0 Å². The number of Topliss-reactive ketones (excluding diaryl/α,β-unsaturated/α-hetero) is 1. The third kappa shape index (κ3) is 1.09. The van der Waals surface area contributed by atoms with Crippen LogP contribution in [0.1, 0.15) is 36.8 Å². The second-order valence-corrected chi connectivity index (χ2v) is 6.02. The lowest BCUT2D eigenvalue weighted by Gasteiger charge is -2.62. The van der Waals surface area contributed by atoms with Crippen LogP contribution in [-0.4, -0.2) is 10.9 Å². The SMILES string of the molecule is O=C1CC[C@@]23CC(Cc4cc(O)ccc42)[C@@H]3C1. The van der Waals surface area contributed by atoms with Crippen molar-refractivity contribution in [3.05, 3.63) is 29.3 Å². The molecule has 0 saturated heterocycles. The van der Waals surface area contributed by atoms with Gasteiger partial charge in [0.1, 0.15) is 11.5 Å². The average Bonchev–Trinajstić information content (AvgIpc) is 2.31. The highest BCUT2D eigenvalue weighted by atomic mass is 16.3. The van der Waals surface area contributed by atoms with Crippen LogP contribution in [-0.2, 0) is 16.6 Å². The van der Waals surface area contributed by atoms with Crippen molar-refractivity contribution in [1.29, 1.82) is 0 Å². The zero-order chi connectivity index (χ0) is 11.6. The topological polar surface area (TPSA) is 37.3 Å². The van der Waals surface area contributed by atoms with E-state index >= 15 is 0 Å². The molecule has 2 nitrogen and oxygen atoms in total. The Kier molecular flexibility index (Phi) is 1.67. The molecule has 2 bridgehead atoms. The molecule has 0 radical (unpaired) electrons. The van der Waals surface area contributed by atoms with Gasteiger partial charge in [-0.2, -0.15) is 0 Å². The van der Waals surface area contributed by atoms with Gasteiger partial charge in [-0.15, -0.1) is 0 Å².